The molecule has 1 rings (SSSR count). The topological polar surface area (TPSA) is 52.6 Å². The fourth-order valence-corrected chi connectivity index (χ4v) is 2.72. The molecule has 0 N–H and O–H groups in total. The minimum absolute atomic E-state index is 0.119. The van der Waals surface area contributed by atoms with Crippen LogP contribution in [0.2, 0.25) is 0 Å². The summed E-state index contributed by atoms with van der Waals surface area (Å²) in [6.07, 6.45) is 1.85. The van der Waals surface area contributed by atoms with Gasteiger partial charge in [-0.05, 0) is 47.0 Å². The summed E-state index contributed by atoms with van der Waals surface area (Å²) in [7, 11) is -0.464. The van der Waals surface area contributed by atoms with Gasteiger partial charge in [0.25, 0.3) is 0 Å². The Hall–Kier alpha value is -0.935. The Balaban J connectivity index is 2.90. The van der Waals surface area contributed by atoms with Crippen molar-refractivity contribution in [1.29, 1.82) is 0 Å². The normalized spacial score (nSPS) is 21.3. The van der Waals surface area contributed by atoms with Crippen molar-refractivity contribution in [1.82, 2.24) is 0 Å². The average molecular weight is 294 g/mol. The van der Waals surface area contributed by atoms with Crippen LogP contribution in [0.1, 0.15) is 55.4 Å². The summed E-state index contributed by atoms with van der Waals surface area (Å²) < 4.78 is 11.8. The van der Waals surface area contributed by atoms with Crippen LogP contribution in [0.3, 0.4) is 0 Å². The summed E-state index contributed by atoms with van der Waals surface area (Å²) in [5, 5.41) is 0. The Morgan fingerprint density at radius 2 is 1.38 bits per heavy atom. The second-order valence-corrected chi connectivity index (χ2v) is 7.46. The lowest BCUT2D eigenvalue weighted by Crippen LogP contribution is -2.41. The zero-order valence-corrected chi connectivity index (χ0v) is 14.4. The molecule has 0 atom stereocenters. The van der Waals surface area contributed by atoms with Crippen molar-refractivity contribution in [2.75, 3.05) is 0 Å². The predicted molar refractivity (Wildman–Crippen MR) is 83.9 cm³/mol. The summed E-state index contributed by atoms with van der Waals surface area (Å²) in [6.45, 7) is 14.6. The summed E-state index contributed by atoms with van der Waals surface area (Å²) in [4.78, 5) is 23.4. The number of Topliss-reactive ketones (excluding diaryl/α,β-unsaturated/α-hetero) is 2. The molecule has 0 aliphatic carbocycles. The van der Waals surface area contributed by atoms with Crippen molar-refractivity contribution in [3.8, 4) is 0 Å². The van der Waals surface area contributed by atoms with Crippen molar-refractivity contribution in [3.05, 3.63) is 12.1 Å². The molecule has 1 aliphatic heterocycles. The van der Waals surface area contributed by atoms with Gasteiger partial charge in [-0.3, -0.25) is 9.59 Å². The molecule has 0 unspecified atom stereocenters. The molecule has 21 heavy (non-hydrogen) atoms. The molecule has 0 aromatic rings. The number of hydrogen-bond donors (Lipinski definition) is 0. The van der Waals surface area contributed by atoms with E-state index in [1.807, 2.05) is 47.6 Å². The van der Waals surface area contributed by atoms with Gasteiger partial charge in [-0.25, -0.2) is 0 Å². The van der Waals surface area contributed by atoms with Crippen molar-refractivity contribution < 1.29 is 18.9 Å². The van der Waals surface area contributed by atoms with Crippen LogP contribution in [0.25, 0.3) is 0 Å². The maximum atomic E-state index is 11.7. The van der Waals surface area contributed by atoms with Gasteiger partial charge in [0, 0.05) is 0 Å². The van der Waals surface area contributed by atoms with E-state index < -0.39 is 29.7 Å². The molecule has 1 heterocycles. The molecule has 1 fully saturated rings. The van der Waals surface area contributed by atoms with E-state index in [4.69, 9.17) is 9.31 Å². The van der Waals surface area contributed by atoms with Gasteiger partial charge in [-0.15, -0.1) is 0 Å². The smallest absolute Gasteiger partial charge is 0.400 e. The molecular formula is C16H27BO4. The minimum Gasteiger partial charge on any atom is -0.400 e. The summed E-state index contributed by atoms with van der Waals surface area (Å²) in [5.74, 6) is 0.920. The molecule has 0 aromatic heterocycles. The van der Waals surface area contributed by atoms with Gasteiger partial charge in [0.2, 0.25) is 0 Å². The van der Waals surface area contributed by atoms with E-state index in [9.17, 15) is 9.59 Å². The Morgan fingerprint density at radius 3 is 1.71 bits per heavy atom. The van der Waals surface area contributed by atoms with E-state index >= 15 is 0 Å². The highest BCUT2D eigenvalue weighted by Gasteiger charge is 2.50. The van der Waals surface area contributed by atoms with Gasteiger partial charge in [0.05, 0.1) is 17.1 Å². The van der Waals surface area contributed by atoms with Gasteiger partial charge in [-0.2, -0.15) is 0 Å². The van der Waals surface area contributed by atoms with E-state index in [-0.39, 0.29) is 11.6 Å². The van der Waals surface area contributed by atoms with E-state index in [2.05, 4.69) is 0 Å². The fourth-order valence-electron chi connectivity index (χ4n) is 2.72. The highest BCUT2D eigenvalue weighted by Crippen LogP contribution is 2.38. The third-order valence-electron chi connectivity index (χ3n) is 4.51. The number of ketones is 2. The van der Waals surface area contributed by atoms with Crippen LogP contribution in [0.15, 0.2) is 12.1 Å². The monoisotopic (exact) mass is 294 g/mol. The van der Waals surface area contributed by atoms with Crippen LogP contribution in [0.4, 0.5) is 0 Å². The van der Waals surface area contributed by atoms with E-state index in [0.717, 1.165) is 0 Å². The van der Waals surface area contributed by atoms with Crippen molar-refractivity contribution >= 4 is 18.7 Å². The second-order valence-electron chi connectivity index (χ2n) is 7.46. The molecule has 5 heteroatoms. The van der Waals surface area contributed by atoms with Gasteiger partial charge < -0.3 is 9.31 Å². The fraction of sp³-hybridized carbons (Fsp3) is 0.750. The quantitative estimate of drug-likeness (QED) is 0.578. The number of hydrogen-bond acceptors (Lipinski definition) is 4. The summed E-state index contributed by atoms with van der Waals surface area (Å²) >= 11 is 0. The van der Waals surface area contributed by atoms with Crippen LogP contribution >= 0.6 is 0 Å². The Morgan fingerprint density at radius 1 is 1.00 bits per heavy atom. The minimum atomic E-state index is -0.642. The predicted octanol–water partition coefficient (Wildman–Crippen LogP) is 2.99. The van der Waals surface area contributed by atoms with E-state index in [1.54, 1.807) is 5.98 Å². The van der Waals surface area contributed by atoms with E-state index in [1.165, 1.54) is 13.8 Å². The molecule has 118 valence electrons. The van der Waals surface area contributed by atoms with Gasteiger partial charge in [-0.1, -0.05) is 25.9 Å². The Labute approximate surface area is 128 Å². The molecule has 1 aliphatic rings. The first kappa shape index (κ1) is 18.1. The Bertz CT molecular complexity index is 433. The molecule has 0 saturated carbocycles. The van der Waals surface area contributed by atoms with Crippen LogP contribution in [0.5, 0.6) is 0 Å². The van der Waals surface area contributed by atoms with Crippen LogP contribution in [-0.4, -0.2) is 29.9 Å². The van der Waals surface area contributed by atoms with Crippen LogP contribution < -0.4 is 0 Å². The largest absolute Gasteiger partial charge is 0.486 e. The molecule has 0 aromatic carbocycles. The van der Waals surface area contributed by atoms with Gasteiger partial charge in [0.1, 0.15) is 11.6 Å². The molecule has 1 saturated heterocycles. The van der Waals surface area contributed by atoms with Crippen molar-refractivity contribution in [3.63, 3.8) is 0 Å². The third kappa shape index (κ3) is 3.83. The molecule has 0 bridgehead atoms. The first-order chi connectivity index (χ1) is 9.30. The number of rotatable bonds is 5. The third-order valence-corrected chi connectivity index (χ3v) is 4.51. The molecule has 0 spiro atoms. The first-order valence-corrected chi connectivity index (χ1v) is 7.36. The number of carbonyl (C=O) groups is 2. The molecule has 4 nitrogen and oxygen atoms in total. The molecular weight excluding hydrogens is 267 g/mol. The number of carbonyl (C=O) groups excluding carboxylic acids is 2. The zero-order chi connectivity index (χ0) is 16.6. The lowest BCUT2D eigenvalue weighted by atomic mass is 9.72. The zero-order valence-electron chi connectivity index (χ0n) is 14.4. The van der Waals surface area contributed by atoms with Crippen molar-refractivity contribution in [2.45, 2.75) is 66.6 Å². The summed E-state index contributed by atoms with van der Waals surface area (Å²) in [6, 6.07) is 0. The SMILES string of the molecule is CC(=O)C(C(C)=O)C(C)(C)/C=C/B1OC(C)(C)C(C)(C)O1. The Kier molecular flexibility index (Phi) is 4.91. The average Bonchev–Trinajstić information content (AvgIpc) is 2.43. The van der Waals surface area contributed by atoms with Gasteiger partial charge in [0.15, 0.2) is 0 Å². The maximum absolute atomic E-state index is 11.7. The van der Waals surface area contributed by atoms with E-state index in [0.29, 0.717) is 0 Å². The van der Waals surface area contributed by atoms with Crippen LogP contribution in [-0.2, 0) is 18.9 Å². The number of allylic oxidation sites excluding steroid dienone is 1. The summed E-state index contributed by atoms with van der Waals surface area (Å²) in [5.41, 5.74) is -1.36. The lowest BCUT2D eigenvalue weighted by molar-refractivity contribution is -0.133. The second kappa shape index (κ2) is 5.69. The standard InChI is InChI=1S/C16H27BO4/c1-11(18)13(12(2)19)14(3,4)9-10-17-20-15(5,6)16(7,8)21-17/h9-10,13H,1-8H3/b10-9+. The van der Waals surface area contributed by atoms with Crippen molar-refractivity contribution in [2.24, 2.45) is 11.3 Å². The first-order valence-electron chi connectivity index (χ1n) is 7.36. The maximum Gasteiger partial charge on any atom is 0.486 e. The van der Waals surface area contributed by atoms with Gasteiger partial charge >= 0.3 is 7.12 Å². The molecule has 0 radical (unpaired) electrons. The lowest BCUT2D eigenvalue weighted by Gasteiger charge is -2.32. The highest BCUT2D eigenvalue weighted by molar-refractivity contribution is 6.51. The van der Waals surface area contributed by atoms with Crippen LogP contribution in [0, 0.1) is 11.3 Å². The molecule has 0 amide bonds. The highest BCUT2D eigenvalue weighted by atomic mass is 16.7.